The summed E-state index contributed by atoms with van der Waals surface area (Å²) in [7, 11) is 1.65. The van der Waals surface area contributed by atoms with Gasteiger partial charge in [0.2, 0.25) is 0 Å². The van der Waals surface area contributed by atoms with Crippen molar-refractivity contribution >= 4 is 5.69 Å². The molecule has 0 aliphatic heterocycles. The molecule has 0 aromatic heterocycles. The fourth-order valence-corrected chi connectivity index (χ4v) is 2.72. The molecule has 2 N–H and O–H groups in total. The van der Waals surface area contributed by atoms with Gasteiger partial charge in [-0.05, 0) is 48.4 Å². The van der Waals surface area contributed by atoms with Crippen molar-refractivity contribution in [1.29, 1.82) is 0 Å². The highest BCUT2D eigenvalue weighted by Gasteiger charge is 2.11. The maximum Gasteiger partial charge on any atom is 0.166 e. The molecule has 3 aromatic rings. The average Bonchev–Trinajstić information content (AvgIpc) is 2.67. The van der Waals surface area contributed by atoms with Crippen LogP contribution in [0.25, 0.3) is 0 Å². The largest absolute Gasteiger partial charge is 0.508 e. The molecule has 0 unspecified atom stereocenters. The van der Waals surface area contributed by atoms with Gasteiger partial charge in [0.15, 0.2) is 11.5 Å². The molecule has 0 atom stereocenters. The van der Waals surface area contributed by atoms with Crippen molar-refractivity contribution in [2.24, 2.45) is 0 Å². The number of hydrogen-bond acceptors (Lipinski definition) is 4. The lowest BCUT2D eigenvalue weighted by Crippen LogP contribution is -2.05. The predicted molar refractivity (Wildman–Crippen MR) is 104 cm³/mol. The molecule has 26 heavy (non-hydrogen) atoms. The van der Waals surface area contributed by atoms with Gasteiger partial charge in [0, 0.05) is 17.8 Å². The zero-order valence-corrected chi connectivity index (χ0v) is 15.0. The van der Waals surface area contributed by atoms with Gasteiger partial charge in [0.25, 0.3) is 0 Å². The normalized spacial score (nSPS) is 10.4. The van der Waals surface area contributed by atoms with E-state index in [1.165, 1.54) is 5.56 Å². The van der Waals surface area contributed by atoms with Crippen molar-refractivity contribution in [2.75, 3.05) is 12.4 Å². The highest BCUT2D eigenvalue weighted by Crippen LogP contribution is 2.32. The Hall–Kier alpha value is -3.14. The third-order valence-electron chi connectivity index (χ3n) is 4.26. The maximum atomic E-state index is 9.39. The molecule has 0 radical (unpaired) electrons. The third kappa shape index (κ3) is 4.28. The first-order valence-corrected chi connectivity index (χ1v) is 8.53. The fourth-order valence-electron chi connectivity index (χ4n) is 2.72. The van der Waals surface area contributed by atoms with Gasteiger partial charge in [0.05, 0.1) is 7.11 Å². The Morgan fingerprint density at radius 1 is 0.885 bits per heavy atom. The second-order valence-electron chi connectivity index (χ2n) is 6.06. The van der Waals surface area contributed by atoms with E-state index in [1.807, 2.05) is 42.5 Å². The standard InChI is InChI=1S/C22H23NO3/c1-16-6-3-4-7-18(16)15-26-22-17(8-5-9-21(22)25-2)14-23-19-10-12-20(24)13-11-19/h3-13,23-24H,14-15H2,1-2H3. The summed E-state index contributed by atoms with van der Waals surface area (Å²) >= 11 is 0. The van der Waals surface area contributed by atoms with E-state index < -0.39 is 0 Å². The molecule has 3 aromatic carbocycles. The number of aryl methyl sites for hydroxylation is 1. The molecule has 4 nitrogen and oxygen atoms in total. The van der Waals surface area contributed by atoms with Crippen LogP contribution in [0.15, 0.2) is 66.7 Å². The summed E-state index contributed by atoms with van der Waals surface area (Å²) in [4.78, 5) is 0. The summed E-state index contributed by atoms with van der Waals surface area (Å²) < 4.78 is 11.6. The average molecular weight is 349 g/mol. The summed E-state index contributed by atoms with van der Waals surface area (Å²) in [6, 6.07) is 21.0. The predicted octanol–water partition coefficient (Wildman–Crippen LogP) is 4.90. The number of hydrogen-bond donors (Lipinski definition) is 2. The molecule has 0 fully saturated rings. The van der Waals surface area contributed by atoms with E-state index in [9.17, 15) is 5.11 Å². The fraction of sp³-hybridized carbons (Fsp3) is 0.182. The van der Waals surface area contributed by atoms with Crippen molar-refractivity contribution in [2.45, 2.75) is 20.1 Å². The Balaban J connectivity index is 1.77. The first-order valence-electron chi connectivity index (χ1n) is 8.53. The number of rotatable bonds is 7. The monoisotopic (exact) mass is 349 g/mol. The van der Waals surface area contributed by atoms with Gasteiger partial charge >= 0.3 is 0 Å². The van der Waals surface area contributed by atoms with E-state index in [1.54, 1.807) is 19.2 Å². The van der Waals surface area contributed by atoms with Crippen LogP contribution in [-0.2, 0) is 13.2 Å². The van der Waals surface area contributed by atoms with Crippen LogP contribution in [0.3, 0.4) is 0 Å². The number of ether oxygens (including phenoxy) is 2. The molecule has 4 heteroatoms. The molecular formula is C22H23NO3. The van der Waals surface area contributed by atoms with E-state index in [2.05, 4.69) is 24.4 Å². The second kappa shape index (κ2) is 8.30. The topological polar surface area (TPSA) is 50.7 Å². The number of nitrogens with one attached hydrogen (secondary N) is 1. The van der Waals surface area contributed by atoms with Crippen molar-refractivity contribution in [3.63, 3.8) is 0 Å². The molecule has 0 aliphatic carbocycles. The van der Waals surface area contributed by atoms with Gasteiger partial charge in [-0.25, -0.2) is 0 Å². The lowest BCUT2D eigenvalue weighted by Gasteiger charge is -2.17. The van der Waals surface area contributed by atoms with Gasteiger partial charge < -0.3 is 19.9 Å². The van der Waals surface area contributed by atoms with Crippen LogP contribution in [0.2, 0.25) is 0 Å². The number of methoxy groups -OCH3 is 1. The number of phenolic OH excluding ortho intramolecular Hbond substituents is 1. The van der Waals surface area contributed by atoms with Crippen molar-refractivity contribution in [3.8, 4) is 17.2 Å². The van der Waals surface area contributed by atoms with Crippen LogP contribution in [0.1, 0.15) is 16.7 Å². The Morgan fingerprint density at radius 3 is 2.35 bits per heavy atom. The van der Waals surface area contributed by atoms with Crippen LogP contribution in [0, 0.1) is 6.92 Å². The van der Waals surface area contributed by atoms with Gasteiger partial charge in [-0.2, -0.15) is 0 Å². The number of benzene rings is 3. The Morgan fingerprint density at radius 2 is 1.62 bits per heavy atom. The van der Waals surface area contributed by atoms with E-state index in [0.717, 1.165) is 22.6 Å². The molecule has 3 rings (SSSR count). The van der Waals surface area contributed by atoms with Crippen molar-refractivity contribution < 1.29 is 14.6 Å². The minimum atomic E-state index is 0.249. The molecule has 0 spiro atoms. The van der Waals surface area contributed by atoms with Crippen molar-refractivity contribution in [1.82, 2.24) is 0 Å². The zero-order valence-electron chi connectivity index (χ0n) is 15.0. The molecule has 0 bridgehead atoms. The van der Waals surface area contributed by atoms with Gasteiger partial charge in [-0.1, -0.05) is 36.4 Å². The highest BCUT2D eigenvalue weighted by molar-refractivity contribution is 5.51. The smallest absolute Gasteiger partial charge is 0.166 e. The van der Waals surface area contributed by atoms with Crippen molar-refractivity contribution in [3.05, 3.63) is 83.4 Å². The first-order chi connectivity index (χ1) is 12.7. The summed E-state index contributed by atoms with van der Waals surface area (Å²) in [6.07, 6.45) is 0. The molecule has 0 amide bonds. The van der Waals surface area contributed by atoms with Gasteiger partial charge in [-0.15, -0.1) is 0 Å². The molecular weight excluding hydrogens is 326 g/mol. The van der Waals surface area contributed by atoms with E-state index in [-0.39, 0.29) is 5.75 Å². The Bertz CT molecular complexity index is 860. The lowest BCUT2D eigenvalue weighted by atomic mass is 10.1. The van der Waals surface area contributed by atoms with Gasteiger partial charge in [0.1, 0.15) is 12.4 Å². The minimum Gasteiger partial charge on any atom is -0.508 e. The maximum absolute atomic E-state index is 9.39. The molecule has 0 saturated heterocycles. The first kappa shape index (κ1) is 17.7. The van der Waals surface area contributed by atoms with Gasteiger partial charge in [-0.3, -0.25) is 0 Å². The number of anilines is 1. The summed E-state index contributed by atoms with van der Waals surface area (Å²) in [6.45, 7) is 3.15. The van der Waals surface area contributed by atoms with Crippen LogP contribution in [-0.4, -0.2) is 12.2 Å². The third-order valence-corrected chi connectivity index (χ3v) is 4.26. The zero-order chi connectivity index (χ0) is 18.4. The van der Waals surface area contributed by atoms with E-state index in [0.29, 0.717) is 18.9 Å². The lowest BCUT2D eigenvalue weighted by molar-refractivity contribution is 0.281. The molecule has 0 aliphatic rings. The molecule has 0 saturated carbocycles. The number of para-hydroxylation sites is 1. The SMILES string of the molecule is COc1cccc(CNc2ccc(O)cc2)c1OCc1ccccc1C. The Kier molecular flexibility index (Phi) is 5.64. The van der Waals surface area contributed by atoms with Crippen LogP contribution in [0.4, 0.5) is 5.69 Å². The van der Waals surface area contributed by atoms with E-state index in [4.69, 9.17) is 9.47 Å². The minimum absolute atomic E-state index is 0.249. The molecule has 0 heterocycles. The number of aromatic hydroxyl groups is 1. The van der Waals surface area contributed by atoms with E-state index >= 15 is 0 Å². The second-order valence-corrected chi connectivity index (χ2v) is 6.06. The molecule has 134 valence electrons. The van der Waals surface area contributed by atoms with Crippen LogP contribution >= 0.6 is 0 Å². The number of phenols is 1. The summed E-state index contributed by atoms with van der Waals surface area (Å²) in [5.41, 5.74) is 4.28. The Labute approximate surface area is 154 Å². The quantitative estimate of drug-likeness (QED) is 0.596. The van der Waals surface area contributed by atoms with Crippen LogP contribution in [0.5, 0.6) is 17.2 Å². The summed E-state index contributed by atoms with van der Waals surface area (Å²) in [5.74, 6) is 1.70. The van der Waals surface area contributed by atoms with Crippen LogP contribution < -0.4 is 14.8 Å². The summed E-state index contributed by atoms with van der Waals surface area (Å²) in [5, 5.41) is 12.7. The highest BCUT2D eigenvalue weighted by atomic mass is 16.5.